The van der Waals surface area contributed by atoms with E-state index in [4.69, 9.17) is 20.9 Å². The van der Waals surface area contributed by atoms with Crippen molar-refractivity contribution >= 4 is 41.0 Å². The van der Waals surface area contributed by atoms with E-state index in [0.717, 1.165) is 11.8 Å². The number of aliphatic carboxylic acids is 1. The first-order valence-electron chi connectivity index (χ1n) is 9.03. The van der Waals surface area contributed by atoms with Crippen LogP contribution in [0.25, 0.3) is 0 Å². The molecule has 0 spiro atoms. The van der Waals surface area contributed by atoms with Crippen LogP contribution in [0.15, 0.2) is 24.5 Å². The van der Waals surface area contributed by atoms with Gasteiger partial charge < -0.3 is 21.0 Å². The van der Waals surface area contributed by atoms with Gasteiger partial charge in [-0.25, -0.2) is 4.79 Å². The molecule has 0 aliphatic rings. The van der Waals surface area contributed by atoms with Crippen molar-refractivity contribution in [3.8, 4) is 6.07 Å². The van der Waals surface area contributed by atoms with E-state index in [0.29, 0.717) is 12.1 Å². The van der Waals surface area contributed by atoms with E-state index >= 15 is 0 Å². The van der Waals surface area contributed by atoms with Crippen LogP contribution in [-0.2, 0) is 14.4 Å². The zero-order chi connectivity index (χ0) is 26.5. The quantitative estimate of drug-likeness (QED) is 0.276. The summed E-state index contributed by atoms with van der Waals surface area (Å²) in [5, 5.41) is 19.8. The number of carboxylic acid groups (broad SMARTS) is 1. The molecule has 0 aliphatic heterocycles. The van der Waals surface area contributed by atoms with E-state index in [1.807, 2.05) is 0 Å². The third kappa shape index (κ3) is 12.7. The molecule has 1 rings (SSSR count). The monoisotopic (exact) mass is 516 g/mol. The number of hydrogen-bond donors (Lipinski definition) is 2. The van der Waals surface area contributed by atoms with Gasteiger partial charge in [-0.3, -0.25) is 9.59 Å². The highest BCUT2D eigenvalue weighted by Crippen LogP contribution is 2.19. The molecule has 0 fully saturated rings. The van der Waals surface area contributed by atoms with Crippen molar-refractivity contribution in [2.24, 2.45) is 5.73 Å². The standard InChI is InChI=1S/C16H17F3N4O3S.C2HF3O2/c17-16(18,19)13(24)10-27-8-2-4-12(21)15(26)22-11-3-1-7-23(9-11)14(25)5-6-20;3-2(4,5)1(6)7/h1,3,7,9,12H,2,4-5,8,10,21H2;(H,6,7)/t12-;/m0./s1. The molecule has 16 heteroatoms. The van der Waals surface area contributed by atoms with E-state index < -0.39 is 47.7 Å². The number of alkyl halides is 6. The lowest BCUT2D eigenvalue weighted by Gasteiger charge is -2.11. The molecule has 0 bridgehead atoms. The molecule has 1 aromatic heterocycles. The third-order valence-electron chi connectivity index (χ3n) is 3.51. The third-order valence-corrected chi connectivity index (χ3v) is 4.55. The molecule has 1 aromatic rings. The van der Waals surface area contributed by atoms with Gasteiger partial charge in [0, 0.05) is 6.07 Å². The van der Waals surface area contributed by atoms with Crippen molar-refractivity contribution in [1.82, 2.24) is 0 Å². The lowest BCUT2D eigenvalue weighted by atomic mass is 10.1. The zero-order valence-corrected chi connectivity index (χ0v) is 17.9. The molecule has 0 saturated heterocycles. The van der Waals surface area contributed by atoms with Gasteiger partial charge in [0.1, 0.15) is 11.7 Å². The zero-order valence-electron chi connectivity index (χ0n) is 17.1. The smallest absolute Gasteiger partial charge is 0.450 e. The van der Waals surface area contributed by atoms with Crippen molar-refractivity contribution in [2.45, 2.75) is 37.7 Å². The summed E-state index contributed by atoms with van der Waals surface area (Å²) in [6, 6.07) is 3.89. The highest BCUT2D eigenvalue weighted by atomic mass is 32.2. The van der Waals surface area contributed by atoms with Crippen LogP contribution in [0.4, 0.5) is 32.0 Å². The summed E-state index contributed by atoms with van der Waals surface area (Å²) >= 11 is 0.832. The lowest BCUT2D eigenvalue weighted by molar-refractivity contribution is -0.573. The van der Waals surface area contributed by atoms with Crippen LogP contribution in [0.1, 0.15) is 24.1 Å². The second kappa shape index (κ2) is 14.2. The fourth-order valence-corrected chi connectivity index (χ4v) is 2.75. The Hall–Kier alpha value is -3.19. The predicted molar refractivity (Wildman–Crippen MR) is 103 cm³/mol. The average Bonchev–Trinajstić information content (AvgIpc) is 2.72. The maximum atomic E-state index is 12.0. The minimum absolute atomic E-state index is 0.221. The summed E-state index contributed by atoms with van der Waals surface area (Å²) < 4.78 is 68.9. The molecule has 1 amide bonds. The number of pyridine rings is 1. The van der Waals surface area contributed by atoms with Gasteiger partial charge in [-0.15, -0.1) is 4.57 Å². The Kier molecular flexibility index (Phi) is 12.8. The number of carbonyl (C=O) groups is 4. The number of rotatable bonds is 9. The molecule has 188 valence electrons. The number of halogens is 6. The summed E-state index contributed by atoms with van der Waals surface area (Å²) in [4.78, 5) is 43.2. The normalized spacial score (nSPS) is 11.9. The highest BCUT2D eigenvalue weighted by Gasteiger charge is 2.37. The number of thioether (sulfide) groups is 1. The summed E-state index contributed by atoms with van der Waals surface area (Å²) in [5.74, 6) is -6.17. The molecule has 0 unspecified atom stereocenters. The van der Waals surface area contributed by atoms with E-state index in [-0.39, 0.29) is 18.6 Å². The minimum atomic E-state index is -5.19. The summed E-state index contributed by atoms with van der Waals surface area (Å²) in [6.45, 7) is 0. The Morgan fingerprint density at radius 1 is 1.18 bits per heavy atom. The van der Waals surface area contributed by atoms with Gasteiger partial charge in [-0.1, -0.05) is 0 Å². The van der Waals surface area contributed by atoms with Crippen molar-refractivity contribution in [2.75, 3.05) is 16.8 Å². The summed E-state index contributed by atoms with van der Waals surface area (Å²) in [7, 11) is 0. The van der Waals surface area contributed by atoms with Gasteiger partial charge in [-0.05, 0) is 24.7 Å². The SMILES string of the molecule is N#CCC(=O)[n+]1cccc(NC(=O)[C@@H](N)CCCSCC(=O)C(F)(F)F)c1.O=C([O-])C(F)(F)F. The van der Waals surface area contributed by atoms with Gasteiger partial charge in [0.2, 0.25) is 17.9 Å². The Bertz CT molecular complexity index is 917. The number of carbonyl (C=O) groups excluding carboxylic acids is 4. The molecule has 9 nitrogen and oxygen atoms in total. The molecule has 34 heavy (non-hydrogen) atoms. The maximum absolute atomic E-state index is 12.0. The Morgan fingerprint density at radius 2 is 1.76 bits per heavy atom. The van der Waals surface area contributed by atoms with E-state index in [9.17, 15) is 40.7 Å². The topological polar surface area (TPSA) is 157 Å². The number of Topliss-reactive ketones (excluding diaryl/α,β-unsaturated/α-hetero) is 1. The summed E-state index contributed by atoms with van der Waals surface area (Å²) in [5.41, 5.74) is 6.05. The number of carboxylic acids is 1. The number of ketones is 1. The Balaban J connectivity index is 0.00000135. The second-order valence-corrected chi connectivity index (χ2v) is 7.33. The van der Waals surface area contributed by atoms with Gasteiger partial charge in [0.25, 0.3) is 0 Å². The van der Waals surface area contributed by atoms with Gasteiger partial charge in [-0.2, -0.15) is 43.4 Å². The molecular formula is C18H18F6N4O5S. The van der Waals surface area contributed by atoms with Crippen molar-refractivity contribution in [1.29, 1.82) is 5.26 Å². The molecule has 3 N–H and O–H groups in total. The molecule has 0 radical (unpaired) electrons. The van der Waals surface area contributed by atoms with Crippen molar-refractivity contribution in [3.63, 3.8) is 0 Å². The van der Waals surface area contributed by atoms with Gasteiger partial charge in [0.05, 0.1) is 17.9 Å². The number of nitriles is 1. The number of aromatic nitrogens is 1. The first-order chi connectivity index (χ1) is 15.6. The fourth-order valence-electron chi connectivity index (χ4n) is 1.88. The molecular weight excluding hydrogens is 498 g/mol. The van der Waals surface area contributed by atoms with Crippen LogP contribution >= 0.6 is 11.8 Å². The maximum Gasteiger partial charge on any atom is 0.450 e. The summed E-state index contributed by atoms with van der Waals surface area (Å²) in [6.07, 6.45) is -6.96. The largest absolute Gasteiger partial charge is 0.542 e. The molecule has 0 aliphatic carbocycles. The van der Waals surface area contributed by atoms with E-state index in [2.05, 4.69) is 5.32 Å². The minimum Gasteiger partial charge on any atom is -0.542 e. The molecule has 1 atom stereocenters. The molecule has 1 heterocycles. The van der Waals surface area contributed by atoms with Crippen LogP contribution < -0.4 is 20.7 Å². The van der Waals surface area contributed by atoms with Crippen LogP contribution in [0.3, 0.4) is 0 Å². The fraction of sp³-hybridized carbons (Fsp3) is 0.444. The highest BCUT2D eigenvalue weighted by molar-refractivity contribution is 7.99. The second-order valence-electron chi connectivity index (χ2n) is 6.23. The van der Waals surface area contributed by atoms with Crippen LogP contribution in [0.2, 0.25) is 0 Å². The van der Waals surface area contributed by atoms with E-state index in [1.54, 1.807) is 12.1 Å². The number of nitrogens with two attached hydrogens (primary N) is 1. The van der Waals surface area contributed by atoms with Crippen LogP contribution in [-0.4, -0.2) is 53.5 Å². The first kappa shape index (κ1) is 30.8. The molecule has 0 aromatic carbocycles. The van der Waals surface area contributed by atoms with Crippen molar-refractivity contribution < 1.29 is 55.2 Å². The Morgan fingerprint density at radius 3 is 2.26 bits per heavy atom. The van der Waals surface area contributed by atoms with Crippen molar-refractivity contribution in [3.05, 3.63) is 24.5 Å². The number of amides is 1. The van der Waals surface area contributed by atoms with Crippen LogP contribution in [0.5, 0.6) is 0 Å². The number of hydrogen-bond acceptors (Lipinski definition) is 8. The van der Waals surface area contributed by atoms with E-state index in [1.165, 1.54) is 23.0 Å². The Labute approximate surface area is 192 Å². The number of anilines is 1. The first-order valence-corrected chi connectivity index (χ1v) is 10.2. The predicted octanol–water partition coefficient (Wildman–Crippen LogP) is 0.737. The lowest BCUT2D eigenvalue weighted by Crippen LogP contribution is -2.42. The van der Waals surface area contributed by atoms with Gasteiger partial charge in [0.15, 0.2) is 12.6 Å². The van der Waals surface area contributed by atoms with Crippen LogP contribution in [0, 0.1) is 11.3 Å². The number of nitrogens with one attached hydrogen (secondary N) is 1. The number of nitrogens with zero attached hydrogens (tertiary/aromatic N) is 2. The van der Waals surface area contributed by atoms with Gasteiger partial charge >= 0.3 is 18.3 Å². The average molecular weight is 516 g/mol. The molecule has 0 saturated carbocycles.